The highest BCUT2D eigenvalue weighted by Gasteiger charge is 2.60. The van der Waals surface area contributed by atoms with Crippen LogP contribution in [0.25, 0.3) is 0 Å². The van der Waals surface area contributed by atoms with Crippen molar-refractivity contribution >= 4 is 0 Å². The van der Waals surface area contributed by atoms with Crippen molar-refractivity contribution in [2.45, 2.75) is 96.7 Å². The third-order valence-electron chi connectivity index (χ3n) is 9.43. The van der Waals surface area contributed by atoms with Gasteiger partial charge in [0.2, 0.25) is 0 Å². The van der Waals surface area contributed by atoms with Crippen LogP contribution in [0, 0.1) is 34.5 Å². The first kappa shape index (κ1) is 16.4. The molecule has 4 saturated carbocycles. The van der Waals surface area contributed by atoms with Crippen molar-refractivity contribution in [2.75, 3.05) is 0 Å². The van der Waals surface area contributed by atoms with E-state index < -0.39 is 0 Å². The maximum atomic E-state index is 10.8. The Balaban J connectivity index is 1.60. The molecule has 132 valence electrons. The Kier molecular flexibility index (Phi) is 3.71. The van der Waals surface area contributed by atoms with Crippen molar-refractivity contribution in [3.05, 3.63) is 0 Å². The van der Waals surface area contributed by atoms with Gasteiger partial charge in [-0.05, 0) is 98.7 Å². The van der Waals surface area contributed by atoms with Crippen LogP contribution in [-0.4, -0.2) is 21.9 Å². The van der Waals surface area contributed by atoms with Crippen LogP contribution in [-0.2, 0) is 0 Å². The first-order valence-corrected chi connectivity index (χ1v) is 10.2. The average Bonchev–Trinajstić information content (AvgIpc) is 2.84. The van der Waals surface area contributed by atoms with Gasteiger partial charge in [-0.1, -0.05) is 20.8 Å². The Hall–Kier alpha value is -0.0800. The number of hydrogen-bond donors (Lipinski definition) is 2. The van der Waals surface area contributed by atoms with E-state index in [1.165, 1.54) is 38.5 Å². The van der Waals surface area contributed by atoms with Gasteiger partial charge in [0.05, 0.1) is 11.7 Å². The van der Waals surface area contributed by atoms with E-state index in [1.807, 2.05) is 0 Å². The quantitative estimate of drug-likeness (QED) is 0.745. The molecule has 0 heterocycles. The lowest BCUT2D eigenvalue weighted by Crippen LogP contribution is -2.56. The zero-order chi connectivity index (χ0) is 16.5. The van der Waals surface area contributed by atoms with E-state index in [4.69, 9.17) is 0 Å². The highest BCUT2D eigenvalue weighted by molar-refractivity contribution is 5.10. The fraction of sp³-hybridized carbons (Fsp3) is 1.00. The lowest BCUT2D eigenvalue weighted by Gasteiger charge is -2.61. The van der Waals surface area contributed by atoms with Crippen molar-refractivity contribution < 1.29 is 10.2 Å². The van der Waals surface area contributed by atoms with Crippen LogP contribution in [0.5, 0.6) is 0 Å². The molecule has 0 aromatic rings. The molecule has 4 fully saturated rings. The Morgan fingerprint density at radius 3 is 2.35 bits per heavy atom. The van der Waals surface area contributed by atoms with Gasteiger partial charge >= 0.3 is 0 Å². The molecular formula is C21H36O2. The second-order valence-electron chi connectivity index (χ2n) is 10.1. The molecule has 0 bridgehead atoms. The van der Waals surface area contributed by atoms with E-state index in [0.29, 0.717) is 5.41 Å². The van der Waals surface area contributed by atoms with E-state index in [1.54, 1.807) is 0 Å². The summed E-state index contributed by atoms with van der Waals surface area (Å²) >= 11 is 0. The SMILES string of the molecule is CC[C@]1(O)CC[C@@]2(C)[C@@H](CC[C@@H]3[C@@H]2CC[C@]2(C)[C@@H](O)CC[C@@H]32)C1. The third-order valence-corrected chi connectivity index (χ3v) is 9.43. The van der Waals surface area contributed by atoms with Gasteiger partial charge in [0.15, 0.2) is 0 Å². The molecule has 23 heavy (non-hydrogen) atoms. The molecule has 0 amide bonds. The number of rotatable bonds is 1. The van der Waals surface area contributed by atoms with Gasteiger partial charge in [-0.25, -0.2) is 0 Å². The van der Waals surface area contributed by atoms with Gasteiger partial charge in [-0.2, -0.15) is 0 Å². The van der Waals surface area contributed by atoms with Gasteiger partial charge < -0.3 is 10.2 Å². The van der Waals surface area contributed by atoms with Gasteiger partial charge in [0.1, 0.15) is 0 Å². The van der Waals surface area contributed by atoms with Gasteiger partial charge in [0, 0.05) is 0 Å². The lowest BCUT2D eigenvalue weighted by atomic mass is 9.44. The van der Waals surface area contributed by atoms with Gasteiger partial charge in [-0.3, -0.25) is 0 Å². The van der Waals surface area contributed by atoms with Crippen LogP contribution >= 0.6 is 0 Å². The molecule has 2 heteroatoms. The zero-order valence-corrected chi connectivity index (χ0v) is 15.4. The second-order valence-corrected chi connectivity index (χ2v) is 10.1. The molecule has 0 radical (unpaired) electrons. The minimum atomic E-state index is -0.385. The summed E-state index contributed by atoms with van der Waals surface area (Å²) in [6, 6.07) is 0. The molecular weight excluding hydrogens is 284 g/mol. The van der Waals surface area contributed by atoms with E-state index in [2.05, 4.69) is 20.8 Å². The van der Waals surface area contributed by atoms with Crippen molar-refractivity contribution in [3.63, 3.8) is 0 Å². The summed E-state index contributed by atoms with van der Waals surface area (Å²) in [6.07, 6.45) is 11.6. The van der Waals surface area contributed by atoms with Crippen LogP contribution in [0.4, 0.5) is 0 Å². The largest absolute Gasteiger partial charge is 0.393 e. The van der Waals surface area contributed by atoms with E-state index in [9.17, 15) is 10.2 Å². The van der Waals surface area contributed by atoms with Crippen LogP contribution in [0.2, 0.25) is 0 Å². The number of hydrogen-bond acceptors (Lipinski definition) is 2. The zero-order valence-electron chi connectivity index (χ0n) is 15.4. The molecule has 0 aromatic heterocycles. The van der Waals surface area contributed by atoms with Gasteiger partial charge in [0.25, 0.3) is 0 Å². The standard InChI is InChI=1S/C21H36O2/c1-4-21(23)12-11-19(2)14(13-21)5-6-15-16-7-8-18(22)20(16,3)10-9-17(15)19/h14-18,22-23H,4-13H2,1-3H3/t14-,15-,16-,17-,18-,19-,20-,21-/m0/s1. The fourth-order valence-electron chi connectivity index (χ4n) is 7.62. The lowest BCUT2D eigenvalue weighted by molar-refractivity contribution is -0.155. The summed E-state index contributed by atoms with van der Waals surface area (Å²) < 4.78 is 0. The van der Waals surface area contributed by atoms with Crippen molar-refractivity contribution in [3.8, 4) is 0 Å². The Labute approximate surface area is 142 Å². The molecule has 8 atom stereocenters. The highest BCUT2D eigenvalue weighted by atomic mass is 16.3. The third kappa shape index (κ3) is 2.20. The first-order valence-electron chi connectivity index (χ1n) is 10.2. The average molecular weight is 321 g/mol. The summed E-state index contributed by atoms with van der Waals surface area (Å²) in [6.45, 7) is 7.08. The topological polar surface area (TPSA) is 40.5 Å². The van der Waals surface area contributed by atoms with E-state index in [0.717, 1.165) is 49.4 Å². The molecule has 4 rings (SSSR count). The maximum absolute atomic E-state index is 10.8. The van der Waals surface area contributed by atoms with Crippen LogP contribution in [0.3, 0.4) is 0 Å². The van der Waals surface area contributed by atoms with Crippen LogP contribution < -0.4 is 0 Å². The molecule has 2 N–H and O–H groups in total. The number of aliphatic hydroxyl groups is 2. The van der Waals surface area contributed by atoms with Crippen molar-refractivity contribution in [2.24, 2.45) is 34.5 Å². The van der Waals surface area contributed by atoms with Crippen molar-refractivity contribution in [1.82, 2.24) is 0 Å². The highest BCUT2D eigenvalue weighted by Crippen LogP contribution is 2.66. The second kappa shape index (κ2) is 5.21. The predicted octanol–water partition coefficient (Wildman–Crippen LogP) is 4.53. The summed E-state index contributed by atoms with van der Waals surface area (Å²) in [5.74, 6) is 3.14. The Morgan fingerprint density at radius 1 is 0.870 bits per heavy atom. The van der Waals surface area contributed by atoms with Crippen LogP contribution in [0.15, 0.2) is 0 Å². The summed E-state index contributed by atoms with van der Waals surface area (Å²) in [5.41, 5.74) is 0.256. The van der Waals surface area contributed by atoms with Crippen molar-refractivity contribution in [1.29, 1.82) is 0 Å². The molecule has 0 spiro atoms. The summed E-state index contributed by atoms with van der Waals surface area (Å²) in [5, 5.41) is 21.4. The fourth-order valence-corrected chi connectivity index (χ4v) is 7.62. The molecule has 2 nitrogen and oxygen atoms in total. The first-order chi connectivity index (χ1) is 10.8. The van der Waals surface area contributed by atoms with E-state index >= 15 is 0 Å². The summed E-state index contributed by atoms with van der Waals surface area (Å²) in [4.78, 5) is 0. The smallest absolute Gasteiger partial charge is 0.0648 e. The van der Waals surface area contributed by atoms with Gasteiger partial charge in [-0.15, -0.1) is 0 Å². The minimum absolute atomic E-state index is 0.0597. The number of fused-ring (bicyclic) bond motifs is 5. The molecule has 0 aromatic carbocycles. The molecule has 0 unspecified atom stereocenters. The number of aliphatic hydroxyl groups excluding tert-OH is 1. The maximum Gasteiger partial charge on any atom is 0.0648 e. The Morgan fingerprint density at radius 2 is 1.61 bits per heavy atom. The molecule has 4 aliphatic rings. The normalized spacial score (nSPS) is 59.1. The molecule has 0 aliphatic heterocycles. The Bertz CT molecular complexity index is 476. The monoisotopic (exact) mass is 320 g/mol. The predicted molar refractivity (Wildman–Crippen MR) is 93.0 cm³/mol. The molecule has 0 saturated heterocycles. The van der Waals surface area contributed by atoms with E-state index in [-0.39, 0.29) is 17.1 Å². The van der Waals surface area contributed by atoms with Crippen LogP contribution in [0.1, 0.15) is 85.0 Å². The summed E-state index contributed by atoms with van der Waals surface area (Å²) in [7, 11) is 0. The minimum Gasteiger partial charge on any atom is -0.393 e. The molecule has 4 aliphatic carbocycles.